The fourth-order valence-electron chi connectivity index (χ4n) is 2.49. The van der Waals surface area contributed by atoms with E-state index < -0.39 is 5.82 Å². The topological polar surface area (TPSA) is 29.1 Å². The molecule has 1 fully saturated rings. The molecule has 0 aliphatic heterocycles. The number of rotatable bonds is 4. The number of nitrogens with one attached hydrogen (secondary N) is 1. The van der Waals surface area contributed by atoms with E-state index in [0.29, 0.717) is 12.4 Å². The zero-order valence-electron chi connectivity index (χ0n) is 10.5. The Hall–Kier alpha value is -0.800. The molecule has 0 bridgehead atoms. The number of carbonyl (C=O) groups excluding carboxylic acids is 1. The van der Waals surface area contributed by atoms with Gasteiger partial charge in [-0.25, -0.2) is 4.39 Å². The van der Waals surface area contributed by atoms with Crippen LogP contribution >= 0.6 is 23.2 Å². The Balaban J connectivity index is 1.99. The first kappa shape index (κ1) is 14.6. The van der Waals surface area contributed by atoms with Gasteiger partial charge in [-0.15, -0.1) is 11.6 Å². The Kier molecular flexibility index (Phi) is 4.69. The summed E-state index contributed by atoms with van der Waals surface area (Å²) in [6.45, 7) is 0.541. The Morgan fingerprint density at radius 3 is 2.63 bits per heavy atom. The minimum absolute atomic E-state index is 0.00217. The standard InChI is InChI=1S/C14H16Cl2FNO/c15-8-14(5-1-2-6-14)9-18-13(19)10-3-4-11(16)12(17)7-10/h3-4,7H,1-2,5-6,8-9H2,(H,18,19). The average molecular weight is 304 g/mol. The normalized spacial score (nSPS) is 17.4. The van der Waals surface area contributed by atoms with Crippen LogP contribution in [0.2, 0.25) is 5.02 Å². The summed E-state index contributed by atoms with van der Waals surface area (Å²) in [5.74, 6) is -0.323. The highest BCUT2D eigenvalue weighted by Gasteiger charge is 2.33. The van der Waals surface area contributed by atoms with Gasteiger partial charge in [-0.1, -0.05) is 24.4 Å². The number of amides is 1. The number of halogens is 3. The summed E-state index contributed by atoms with van der Waals surface area (Å²) in [5.41, 5.74) is 0.284. The molecule has 1 amide bonds. The van der Waals surface area contributed by atoms with Gasteiger partial charge >= 0.3 is 0 Å². The number of hydrogen-bond donors (Lipinski definition) is 1. The van der Waals surface area contributed by atoms with E-state index in [-0.39, 0.29) is 21.9 Å². The van der Waals surface area contributed by atoms with Crippen LogP contribution in [0.25, 0.3) is 0 Å². The van der Waals surface area contributed by atoms with Crippen molar-refractivity contribution in [1.82, 2.24) is 5.32 Å². The second-order valence-electron chi connectivity index (χ2n) is 5.15. The minimum Gasteiger partial charge on any atom is -0.351 e. The molecule has 1 aromatic carbocycles. The van der Waals surface area contributed by atoms with Crippen LogP contribution in [0.1, 0.15) is 36.0 Å². The summed E-state index contributed by atoms with van der Waals surface area (Å²) in [6, 6.07) is 4.06. The van der Waals surface area contributed by atoms with Crippen molar-refractivity contribution < 1.29 is 9.18 Å². The molecular formula is C14H16Cl2FNO. The molecule has 1 saturated carbocycles. The molecule has 0 spiro atoms. The molecule has 2 nitrogen and oxygen atoms in total. The average Bonchev–Trinajstić information content (AvgIpc) is 2.89. The first-order valence-corrected chi connectivity index (χ1v) is 7.27. The first-order valence-electron chi connectivity index (χ1n) is 6.36. The van der Waals surface area contributed by atoms with Gasteiger partial charge < -0.3 is 5.32 Å². The summed E-state index contributed by atoms with van der Waals surface area (Å²) < 4.78 is 13.3. The molecule has 104 valence electrons. The van der Waals surface area contributed by atoms with Gasteiger partial charge in [0.25, 0.3) is 5.91 Å². The van der Waals surface area contributed by atoms with Gasteiger partial charge in [-0.3, -0.25) is 4.79 Å². The van der Waals surface area contributed by atoms with Gasteiger partial charge in [0.15, 0.2) is 0 Å². The zero-order valence-corrected chi connectivity index (χ0v) is 12.0. The van der Waals surface area contributed by atoms with Crippen LogP contribution in [-0.4, -0.2) is 18.3 Å². The maximum absolute atomic E-state index is 13.3. The second kappa shape index (κ2) is 6.10. The van der Waals surface area contributed by atoms with Gasteiger partial charge in [-0.05, 0) is 31.0 Å². The van der Waals surface area contributed by atoms with E-state index in [1.165, 1.54) is 12.1 Å². The molecule has 19 heavy (non-hydrogen) atoms. The molecule has 2 rings (SSSR count). The lowest BCUT2D eigenvalue weighted by molar-refractivity contribution is 0.0934. The third-order valence-corrected chi connectivity index (χ3v) is 4.63. The van der Waals surface area contributed by atoms with Crippen LogP contribution in [0, 0.1) is 11.2 Å². The Morgan fingerprint density at radius 2 is 2.05 bits per heavy atom. The predicted octanol–water partition coefficient (Wildman–Crippen LogP) is 4.01. The monoisotopic (exact) mass is 303 g/mol. The van der Waals surface area contributed by atoms with Gasteiger partial charge in [0, 0.05) is 23.4 Å². The van der Waals surface area contributed by atoms with Gasteiger partial charge in [0.1, 0.15) is 5.82 Å². The number of hydrogen-bond acceptors (Lipinski definition) is 1. The fourth-order valence-corrected chi connectivity index (χ4v) is 2.97. The summed E-state index contributed by atoms with van der Waals surface area (Å²) in [7, 11) is 0. The summed E-state index contributed by atoms with van der Waals surface area (Å²) in [6.07, 6.45) is 4.37. The highest BCUT2D eigenvalue weighted by molar-refractivity contribution is 6.30. The fraction of sp³-hybridized carbons (Fsp3) is 0.500. The van der Waals surface area contributed by atoms with E-state index in [0.717, 1.165) is 31.7 Å². The SMILES string of the molecule is O=C(NCC1(CCl)CCCC1)c1ccc(Cl)c(F)c1. The zero-order chi connectivity index (χ0) is 13.9. The van der Waals surface area contributed by atoms with Crippen molar-refractivity contribution in [1.29, 1.82) is 0 Å². The minimum atomic E-state index is -0.581. The lowest BCUT2D eigenvalue weighted by Gasteiger charge is -2.26. The van der Waals surface area contributed by atoms with E-state index in [1.54, 1.807) is 0 Å². The van der Waals surface area contributed by atoms with Crippen LogP contribution in [0.15, 0.2) is 18.2 Å². The molecule has 0 atom stereocenters. The summed E-state index contributed by atoms with van der Waals surface area (Å²) in [5, 5.41) is 2.86. The molecule has 1 aliphatic rings. The first-order chi connectivity index (χ1) is 9.06. The van der Waals surface area contributed by atoms with E-state index in [4.69, 9.17) is 23.2 Å². The van der Waals surface area contributed by atoms with Crippen molar-refractivity contribution in [2.45, 2.75) is 25.7 Å². The van der Waals surface area contributed by atoms with E-state index in [9.17, 15) is 9.18 Å². The van der Waals surface area contributed by atoms with E-state index in [1.807, 2.05) is 0 Å². The van der Waals surface area contributed by atoms with E-state index in [2.05, 4.69) is 5.32 Å². The highest BCUT2D eigenvalue weighted by atomic mass is 35.5. The van der Waals surface area contributed by atoms with Crippen molar-refractivity contribution in [2.75, 3.05) is 12.4 Å². The molecule has 1 N–H and O–H groups in total. The molecular weight excluding hydrogens is 288 g/mol. The van der Waals surface area contributed by atoms with Crippen molar-refractivity contribution in [3.05, 3.63) is 34.6 Å². The lowest BCUT2D eigenvalue weighted by Crippen LogP contribution is -2.37. The van der Waals surface area contributed by atoms with Crippen molar-refractivity contribution in [3.63, 3.8) is 0 Å². The predicted molar refractivity (Wildman–Crippen MR) is 75.4 cm³/mol. The second-order valence-corrected chi connectivity index (χ2v) is 5.83. The van der Waals surface area contributed by atoms with E-state index >= 15 is 0 Å². The van der Waals surface area contributed by atoms with Crippen molar-refractivity contribution in [2.24, 2.45) is 5.41 Å². The van der Waals surface area contributed by atoms with Crippen LogP contribution in [0.5, 0.6) is 0 Å². The maximum Gasteiger partial charge on any atom is 0.251 e. The molecule has 0 saturated heterocycles. The Morgan fingerprint density at radius 1 is 1.37 bits per heavy atom. The number of benzene rings is 1. The van der Waals surface area contributed by atoms with Crippen LogP contribution in [0.3, 0.4) is 0 Å². The largest absolute Gasteiger partial charge is 0.351 e. The van der Waals surface area contributed by atoms with Crippen molar-refractivity contribution >= 4 is 29.1 Å². The summed E-state index contributed by atoms with van der Waals surface area (Å²) in [4.78, 5) is 12.0. The third-order valence-electron chi connectivity index (χ3n) is 3.75. The number of carbonyl (C=O) groups is 1. The molecule has 1 aliphatic carbocycles. The smallest absolute Gasteiger partial charge is 0.251 e. The highest BCUT2D eigenvalue weighted by Crippen LogP contribution is 2.38. The quantitative estimate of drug-likeness (QED) is 0.837. The van der Waals surface area contributed by atoms with Gasteiger partial charge in [-0.2, -0.15) is 0 Å². The van der Waals surface area contributed by atoms with Crippen molar-refractivity contribution in [3.8, 4) is 0 Å². The third kappa shape index (κ3) is 3.40. The number of alkyl halides is 1. The molecule has 0 unspecified atom stereocenters. The maximum atomic E-state index is 13.3. The Bertz CT molecular complexity index is 473. The lowest BCUT2D eigenvalue weighted by atomic mass is 9.88. The molecule has 0 heterocycles. The van der Waals surface area contributed by atoms with Crippen LogP contribution in [-0.2, 0) is 0 Å². The van der Waals surface area contributed by atoms with Gasteiger partial charge in [0.2, 0.25) is 0 Å². The van der Waals surface area contributed by atoms with Crippen LogP contribution in [0.4, 0.5) is 4.39 Å². The van der Waals surface area contributed by atoms with Crippen LogP contribution < -0.4 is 5.32 Å². The molecule has 0 aromatic heterocycles. The van der Waals surface area contributed by atoms with Gasteiger partial charge in [0.05, 0.1) is 5.02 Å². The molecule has 0 radical (unpaired) electrons. The summed E-state index contributed by atoms with van der Waals surface area (Å²) >= 11 is 11.6. The molecule has 5 heteroatoms. The molecule has 1 aromatic rings. The Labute approximate surface area is 122 Å².